The van der Waals surface area contributed by atoms with Gasteiger partial charge in [-0.05, 0) is 50.3 Å². The van der Waals surface area contributed by atoms with E-state index in [4.69, 9.17) is 4.74 Å². The van der Waals surface area contributed by atoms with Crippen molar-refractivity contribution in [2.24, 2.45) is 4.99 Å². The van der Waals surface area contributed by atoms with Crippen molar-refractivity contribution in [3.8, 4) is 5.75 Å². The number of nitrogens with zero attached hydrogens (tertiary/aromatic N) is 1. The van der Waals surface area contributed by atoms with Crippen LogP contribution in [-0.4, -0.2) is 32.2 Å². The third-order valence-electron chi connectivity index (χ3n) is 3.41. The summed E-state index contributed by atoms with van der Waals surface area (Å²) in [5.41, 5.74) is 2.43. The topological polar surface area (TPSA) is 45.7 Å². The Hall–Kier alpha value is -0.980. The highest BCUT2D eigenvalue weighted by Crippen LogP contribution is 2.19. The zero-order valence-corrected chi connectivity index (χ0v) is 15.4. The molecule has 1 aliphatic carbocycles. The van der Waals surface area contributed by atoms with Crippen LogP contribution in [0.25, 0.3) is 0 Å². The number of aryl methyl sites for hydroxylation is 1. The summed E-state index contributed by atoms with van der Waals surface area (Å²) in [7, 11) is 1.72. The van der Waals surface area contributed by atoms with Gasteiger partial charge in [-0.2, -0.15) is 0 Å². The van der Waals surface area contributed by atoms with E-state index in [9.17, 15) is 0 Å². The van der Waals surface area contributed by atoms with Gasteiger partial charge in [0.05, 0.1) is 7.11 Å². The Balaban J connectivity index is 0.00000220. The van der Waals surface area contributed by atoms with Gasteiger partial charge in [-0.3, -0.25) is 4.99 Å². The molecule has 2 N–H and O–H groups in total. The molecule has 1 aromatic rings. The second-order valence-corrected chi connectivity index (χ2v) is 5.23. The fraction of sp³-hybridized carbons (Fsp3) is 0.562. The maximum absolute atomic E-state index is 5.35. The van der Waals surface area contributed by atoms with E-state index < -0.39 is 0 Å². The molecule has 2 rings (SSSR count). The Morgan fingerprint density at radius 3 is 2.76 bits per heavy atom. The van der Waals surface area contributed by atoms with Gasteiger partial charge < -0.3 is 15.4 Å². The maximum atomic E-state index is 5.35. The highest BCUT2D eigenvalue weighted by Gasteiger charge is 2.21. The first-order valence-corrected chi connectivity index (χ1v) is 7.41. The molecule has 0 atom stereocenters. The van der Waals surface area contributed by atoms with E-state index in [0.717, 1.165) is 31.2 Å². The number of hydrogen-bond acceptors (Lipinski definition) is 2. The minimum Gasteiger partial charge on any atom is -0.496 e. The Bertz CT molecular complexity index is 473. The standard InChI is InChI=1S/C16H25N3O.HI/c1-4-17-16(19-14-7-8-14)18-10-9-13-6-5-12(2)15(11-13)20-3;/h5-6,11,14H,4,7-10H2,1-3H3,(H2,17,18,19);1H. The maximum Gasteiger partial charge on any atom is 0.191 e. The third-order valence-corrected chi connectivity index (χ3v) is 3.41. The Labute approximate surface area is 144 Å². The predicted octanol–water partition coefficient (Wildman–Crippen LogP) is 2.88. The second-order valence-electron chi connectivity index (χ2n) is 5.23. The first-order chi connectivity index (χ1) is 9.72. The first-order valence-electron chi connectivity index (χ1n) is 7.41. The van der Waals surface area contributed by atoms with Crippen LogP contribution >= 0.6 is 24.0 Å². The highest BCUT2D eigenvalue weighted by molar-refractivity contribution is 14.0. The van der Waals surface area contributed by atoms with Crippen LogP contribution in [0.5, 0.6) is 5.75 Å². The van der Waals surface area contributed by atoms with Crippen molar-refractivity contribution < 1.29 is 4.74 Å². The summed E-state index contributed by atoms with van der Waals surface area (Å²) in [5, 5.41) is 6.71. The number of ether oxygens (including phenoxy) is 1. The van der Waals surface area contributed by atoms with Gasteiger partial charge in [0.15, 0.2) is 5.96 Å². The molecule has 0 heterocycles. The van der Waals surface area contributed by atoms with Crippen LogP contribution in [0, 0.1) is 6.92 Å². The van der Waals surface area contributed by atoms with E-state index in [-0.39, 0.29) is 24.0 Å². The molecule has 5 heteroatoms. The largest absolute Gasteiger partial charge is 0.496 e. The number of rotatable bonds is 6. The van der Waals surface area contributed by atoms with E-state index >= 15 is 0 Å². The summed E-state index contributed by atoms with van der Waals surface area (Å²) in [6.07, 6.45) is 3.46. The molecule has 4 nitrogen and oxygen atoms in total. The van der Waals surface area contributed by atoms with Crippen molar-refractivity contribution in [3.05, 3.63) is 29.3 Å². The predicted molar refractivity (Wildman–Crippen MR) is 99.0 cm³/mol. The van der Waals surface area contributed by atoms with Crippen LogP contribution in [0.4, 0.5) is 0 Å². The highest BCUT2D eigenvalue weighted by atomic mass is 127. The SMILES string of the molecule is CCNC(=NCCc1ccc(C)c(OC)c1)NC1CC1.I. The van der Waals surface area contributed by atoms with Crippen LogP contribution in [-0.2, 0) is 6.42 Å². The fourth-order valence-electron chi connectivity index (χ4n) is 2.06. The average Bonchev–Trinajstić information content (AvgIpc) is 3.25. The van der Waals surface area contributed by atoms with Crippen molar-refractivity contribution in [3.63, 3.8) is 0 Å². The van der Waals surface area contributed by atoms with Gasteiger partial charge in [-0.25, -0.2) is 0 Å². The van der Waals surface area contributed by atoms with Gasteiger partial charge in [0.2, 0.25) is 0 Å². The fourth-order valence-corrected chi connectivity index (χ4v) is 2.06. The molecule has 0 spiro atoms. The van der Waals surface area contributed by atoms with Crippen molar-refractivity contribution in [1.29, 1.82) is 0 Å². The molecule has 1 aromatic carbocycles. The molecule has 0 amide bonds. The normalized spacial score (nSPS) is 14.3. The monoisotopic (exact) mass is 403 g/mol. The molecule has 118 valence electrons. The molecular formula is C16H26IN3O. The zero-order chi connectivity index (χ0) is 14.4. The lowest BCUT2D eigenvalue weighted by atomic mass is 10.1. The van der Waals surface area contributed by atoms with E-state index in [1.165, 1.54) is 24.0 Å². The Morgan fingerprint density at radius 2 is 2.14 bits per heavy atom. The number of nitrogens with one attached hydrogen (secondary N) is 2. The number of guanidine groups is 1. The van der Waals surface area contributed by atoms with E-state index in [1.807, 2.05) is 0 Å². The summed E-state index contributed by atoms with van der Waals surface area (Å²) in [5.74, 6) is 1.89. The van der Waals surface area contributed by atoms with Gasteiger partial charge in [-0.1, -0.05) is 12.1 Å². The molecule has 21 heavy (non-hydrogen) atoms. The number of benzene rings is 1. The van der Waals surface area contributed by atoms with Gasteiger partial charge in [-0.15, -0.1) is 24.0 Å². The first kappa shape index (κ1) is 18.1. The number of halogens is 1. The molecule has 0 aromatic heterocycles. The van der Waals surface area contributed by atoms with Crippen LogP contribution in [0.3, 0.4) is 0 Å². The summed E-state index contributed by atoms with van der Waals surface area (Å²) in [6, 6.07) is 6.99. The molecule has 0 radical (unpaired) electrons. The molecule has 0 bridgehead atoms. The van der Waals surface area contributed by atoms with Gasteiger partial charge in [0.1, 0.15) is 5.75 Å². The summed E-state index contributed by atoms with van der Waals surface area (Å²) >= 11 is 0. The molecule has 0 aliphatic heterocycles. The molecule has 1 aliphatic rings. The van der Waals surface area contributed by atoms with E-state index in [2.05, 4.69) is 47.7 Å². The molecule has 1 saturated carbocycles. The summed E-state index contributed by atoms with van der Waals surface area (Å²) in [6.45, 7) is 5.84. The minimum atomic E-state index is 0. The van der Waals surface area contributed by atoms with Crippen LogP contribution < -0.4 is 15.4 Å². The van der Waals surface area contributed by atoms with Crippen LogP contribution in [0.15, 0.2) is 23.2 Å². The van der Waals surface area contributed by atoms with E-state index in [1.54, 1.807) is 7.11 Å². The average molecular weight is 403 g/mol. The minimum absolute atomic E-state index is 0. The lowest BCUT2D eigenvalue weighted by Gasteiger charge is -2.10. The van der Waals surface area contributed by atoms with Crippen molar-refractivity contribution in [2.45, 2.75) is 39.2 Å². The lowest BCUT2D eigenvalue weighted by molar-refractivity contribution is 0.411. The molecular weight excluding hydrogens is 377 g/mol. The van der Waals surface area contributed by atoms with Crippen molar-refractivity contribution in [2.75, 3.05) is 20.2 Å². The van der Waals surface area contributed by atoms with Crippen molar-refractivity contribution in [1.82, 2.24) is 10.6 Å². The third kappa shape index (κ3) is 6.11. The molecule has 0 unspecified atom stereocenters. The number of hydrogen-bond donors (Lipinski definition) is 2. The number of methoxy groups -OCH3 is 1. The number of aliphatic imine (C=N–C) groups is 1. The quantitative estimate of drug-likeness (QED) is 0.436. The second kappa shape index (κ2) is 9.12. The van der Waals surface area contributed by atoms with E-state index in [0.29, 0.717) is 6.04 Å². The molecule has 1 fully saturated rings. The van der Waals surface area contributed by atoms with Crippen LogP contribution in [0.2, 0.25) is 0 Å². The summed E-state index contributed by atoms with van der Waals surface area (Å²) < 4.78 is 5.35. The Kier molecular flexibility index (Phi) is 7.85. The Morgan fingerprint density at radius 1 is 1.38 bits per heavy atom. The lowest BCUT2D eigenvalue weighted by Crippen LogP contribution is -2.38. The summed E-state index contributed by atoms with van der Waals surface area (Å²) in [4.78, 5) is 4.62. The van der Waals surface area contributed by atoms with Crippen LogP contribution in [0.1, 0.15) is 30.9 Å². The van der Waals surface area contributed by atoms with Gasteiger partial charge in [0.25, 0.3) is 0 Å². The van der Waals surface area contributed by atoms with Crippen molar-refractivity contribution >= 4 is 29.9 Å². The molecule has 0 saturated heterocycles. The van der Waals surface area contributed by atoms with Gasteiger partial charge >= 0.3 is 0 Å². The zero-order valence-electron chi connectivity index (χ0n) is 13.1. The smallest absolute Gasteiger partial charge is 0.191 e. The van der Waals surface area contributed by atoms with Gasteiger partial charge in [0, 0.05) is 19.1 Å².